The van der Waals surface area contributed by atoms with Crippen LogP contribution in [0.1, 0.15) is 16.7 Å². The third-order valence-electron chi connectivity index (χ3n) is 5.69. The maximum absolute atomic E-state index is 9.83. The maximum Gasteiger partial charge on any atom is 0.0998 e. The Balaban J connectivity index is 1.62. The van der Waals surface area contributed by atoms with Crippen LogP contribution in [0.25, 0.3) is 33.3 Å². The monoisotopic (exact) mass is 452 g/mol. The van der Waals surface area contributed by atoms with Crippen LogP contribution in [0.3, 0.4) is 0 Å². The Bertz CT molecular complexity index is 1530. The van der Waals surface area contributed by atoms with Crippen LogP contribution >= 0.6 is 23.2 Å². The summed E-state index contributed by atoms with van der Waals surface area (Å²) in [6.45, 7) is 0.740. The lowest BCUT2D eigenvalue weighted by Crippen LogP contribution is -1.98. The van der Waals surface area contributed by atoms with Crippen molar-refractivity contribution in [1.29, 1.82) is 5.26 Å². The van der Waals surface area contributed by atoms with Crippen LogP contribution in [0.2, 0.25) is 10.0 Å². The first kappa shape index (κ1) is 20.4. The van der Waals surface area contributed by atoms with Crippen LogP contribution in [0.4, 0.5) is 0 Å². The van der Waals surface area contributed by atoms with Gasteiger partial charge in [-0.15, -0.1) is 0 Å². The fourth-order valence-electron chi connectivity index (χ4n) is 4.13. The average Bonchev–Trinajstić information content (AvgIpc) is 3.17. The Morgan fingerprint density at radius 1 is 0.844 bits per heavy atom. The van der Waals surface area contributed by atoms with Crippen molar-refractivity contribution in [2.75, 3.05) is 0 Å². The number of para-hydroxylation sites is 1. The van der Waals surface area contributed by atoms with E-state index in [2.05, 4.69) is 71.4 Å². The summed E-state index contributed by atoms with van der Waals surface area (Å²) in [5.41, 5.74) is 4.65. The van der Waals surface area contributed by atoms with Gasteiger partial charge in [0.15, 0.2) is 0 Å². The summed E-state index contributed by atoms with van der Waals surface area (Å²) in [6, 6.07) is 30.7. The average molecular weight is 453 g/mol. The van der Waals surface area contributed by atoms with Gasteiger partial charge in [0.2, 0.25) is 0 Å². The number of hydrogen-bond acceptors (Lipinski definition) is 1. The minimum Gasteiger partial charge on any atom is -0.342 e. The van der Waals surface area contributed by atoms with Crippen LogP contribution in [-0.2, 0) is 6.54 Å². The highest BCUT2D eigenvalue weighted by atomic mass is 35.5. The molecule has 2 nitrogen and oxygen atoms in total. The Hall–Kier alpha value is -3.51. The molecule has 1 aromatic heterocycles. The summed E-state index contributed by atoms with van der Waals surface area (Å²) in [4.78, 5) is 0. The second-order valence-electron chi connectivity index (χ2n) is 7.67. The molecule has 0 amide bonds. The topological polar surface area (TPSA) is 28.7 Å². The van der Waals surface area contributed by atoms with Gasteiger partial charge in [-0.05, 0) is 46.2 Å². The summed E-state index contributed by atoms with van der Waals surface area (Å²) < 4.78 is 2.24. The molecular formula is C28H18Cl2N2. The number of fused-ring (bicyclic) bond motifs is 2. The number of benzene rings is 4. The predicted octanol–water partition coefficient (Wildman–Crippen LogP) is 8.21. The fourth-order valence-corrected chi connectivity index (χ4v) is 4.43. The second kappa shape index (κ2) is 8.55. The first-order chi connectivity index (χ1) is 15.6. The fraction of sp³-hybridized carbons (Fsp3) is 0.0357. The van der Waals surface area contributed by atoms with Crippen molar-refractivity contribution in [3.63, 3.8) is 0 Å². The van der Waals surface area contributed by atoms with Gasteiger partial charge in [-0.2, -0.15) is 5.26 Å². The summed E-state index contributed by atoms with van der Waals surface area (Å²) in [5.74, 6) is 0. The van der Waals surface area contributed by atoms with Crippen molar-refractivity contribution < 1.29 is 0 Å². The molecule has 154 valence electrons. The van der Waals surface area contributed by atoms with Gasteiger partial charge < -0.3 is 4.57 Å². The normalized spacial score (nSPS) is 11.7. The number of rotatable bonds is 4. The first-order valence-corrected chi connectivity index (χ1v) is 11.0. The number of nitrogens with zero attached hydrogens (tertiary/aromatic N) is 2. The zero-order chi connectivity index (χ0) is 22.1. The van der Waals surface area contributed by atoms with E-state index >= 15 is 0 Å². The van der Waals surface area contributed by atoms with Gasteiger partial charge in [0.25, 0.3) is 0 Å². The van der Waals surface area contributed by atoms with E-state index in [1.807, 2.05) is 24.3 Å². The molecule has 0 N–H and O–H groups in total. The molecule has 0 unspecified atom stereocenters. The Morgan fingerprint density at radius 2 is 1.59 bits per heavy atom. The van der Waals surface area contributed by atoms with Crippen molar-refractivity contribution in [3.8, 4) is 6.07 Å². The zero-order valence-corrected chi connectivity index (χ0v) is 18.6. The number of aromatic nitrogens is 1. The van der Waals surface area contributed by atoms with Gasteiger partial charge in [-0.3, -0.25) is 0 Å². The summed E-state index contributed by atoms with van der Waals surface area (Å²) in [7, 11) is 0. The molecule has 32 heavy (non-hydrogen) atoms. The van der Waals surface area contributed by atoms with Gasteiger partial charge in [-0.1, -0.05) is 89.9 Å². The molecule has 5 aromatic rings. The minimum atomic E-state index is 0.434. The van der Waals surface area contributed by atoms with Crippen molar-refractivity contribution in [3.05, 3.63) is 118 Å². The third kappa shape index (κ3) is 3.78. The smallest absolute Gasteiger partial charge is 0.0998 e. The standard InChI is InChI=1S/C28H18Cl2N2/c29-26-13-12-20(15-27(26)30)22(16-31)14-23-18-32(28-11-4-3-10-25(23)28)17-21-8-5-7-19-6-1-2-9-24(19)21/h1-15,18H,17H2/b22-14+. The van der Waals surface area contributed by atoms with Crippen molar-refractivity contribution in [2.24, 2.45) is 0 Å². The molecule has 0 radical (unpaired) electrons. The molecule has 4 aromatic carbocycles. The molecular weight excluding hydrogens is 435 g/mol. The molecule has 0 saturated carbocycles. The SMILES string of the molecule is N#C/C(=C\c1cn(Cc2cccc3ccccc23)c2ccccc12)c1ccc(Cl)c(Cl)c1. The molecule has 0 aliphatic rings. The van der Waals surface area contributed by atoms with Gasteiger partial charge in [-0.25, -0.2) is 0 Å². The lowest BCUT2D eigenvalue weighted by Gasteiger charge is -2.09. The van der Waals surface area contributed by atoms with Crippen LogP contribution in [0, 0.1) is 11.3 Å². The van der Waals surface area contributed by atoms with Crippen LogP contribution in [0.15, 0.2) is 91.1 Å². The Morgan fingerprint density at radius 3 is 2.41 bits per heavy atom. The van der Waals surface area contributed by atoms with E-state index in [0.29, 0.717) is 15.6 Å². The highest BCUT2D eigenvalue weighted by Crippen LogP contribution is 2.30. The van der Waals surface area contributed by atoms with Gasteiger partial charge in [0.1, 0.15) is 0 Å². The number of hydrogen-bond donors (Lipinski definition) is 0. The van der Waals surface area contributed by atoms with Crippen LogP contribution < -0.4 is 0 Å². The molecule has 0 bridgehead atoms. The predicted molar refractivity (Wildman–Crippen MR) is 135 cm³/mol. The lowest BCUT2D eigenvalue weighted by atomic mass is 10.0. The molecule has 1 heterocycles. The molecule has 4 heteroatoms. The minimum absolute atomic E-state index is 0.434. The molecule has 0 saturated heterocycles. The van der Waals surface area contributed by atoms with E-state index in [4.69, 9.17) is 23.2 Å². The van der Waals surface area contributed by atoms with Gasteiger partial charge >= 0.3 is 0 Å². The number of halogens is 2. The Kier molecular flexibility index (Phi) is 5.45. The second-order valence-corrected chi connectivity index (χ2v) is 8.48. The van der Waals surface area contributed by atoms with E-state index in [9.17, 15) is 5.26 Å². The quantitative estimate of drug-likeness (QED) is 0.252. The molecule has 0 aliphatic carbocycles. The largest absolute Gasteiger partial charge is 0.342 e. The van der Waals surface area contributed by atoms with E-state index in [1.165, 1.54) is 16.3 Å². The molecule has 0 spiro atoms. The van der Waals surface area contributed by atoms with Gasteiger partial charge in [0, 0.05) is 29.2 Å². The number of allylic oxidation sites excluding steroid dienone is 1. The zero-order valence-electron chi connectivity index (χ0n) is 17.1. The van der Waals surface area contributed by atoms with E-state index < -0.39 is 0 Å². The van der Waals surface area contributed by atoms with Crippen molar-refractivity contribution in [1.82, 2.24) is 4.57 Å². The van der Waals surface area contributed by atoms with Crippen LogP contribution in [0.5, 0.6) is 0 Å². The van der Waals surface area contributed by atoms with Crippen molar-refractivity contribution in [2.45, 2.75) is 6.54 Å². The van der Waals surface area contributed by atoms with E-state index in [0.717, 1.165) is 28.6 Å². The van der Waals surface area contributed by atoms with Crippen LogP contribution in [-0.4, -0.2) is 4.57 Å². The first-order valence-electron chi connectivity index (χ1n) is 10.3. The van der Waals surface area contributed by atoms with Gasteiger partial charge in [0.05, 0.1) is 21.7 Å². The van der Waals surface area contributed by atoms with E-state index in [-0.39, 0.29) is 0 Å². The molecule has 5 rings (SSSR count). The number of nitriles is 1. The summed E-state index contributed by atoms with van der Waals surface area (Å²) >= 11 is 12.2. The highest BCUT2D eigenvalue weighted by molar-refractivity contribution is 6.42. The summed E-state index contributed by atoms with van der Waals surface area (Å²) in [6.07, 6.45) is 4.03. The molecule has 0 aliphatic heterocycles. The third-order valence-corrected chi connectivity index (χ3v) is 6.43. The van der Waals surface area contributed by atoms with E-state index in [1.54, 1.807) is 12.1 Å². The summed E-state index contributed by atoms with van der Waals surface area (Å²) in [5, 5.41) is 14.3. The lowest BCUT2D eigenvalue weighted by molar-refractivity contribution is 0.842. The molecule has 0 atom stereocenters. The van der Waals surface area contributed by atoms with Crippen molar-refractivity contribution >= 4 is 56.5 Å². The molecule has 0 fully saturated rings. The Labute approximate surface area is 196 Å². The highest BCUT2D eigenvalue weighted by Gasteiger charge is 2.11. The maximum atomic E-state index is 9.83.